The predicted molar refractivity (Wildman–Crippen MR) is 95.1 cm³/mol. The molecule has 0 atom stereocenters. The number of anilines is 1. The SMILES string of the molecule is Cc1cccc2sc(NC(=O)C=Cc3cccc([N+](=O)[O-])c3)nc12. The molecule has 0 aliphatic rings. The van der Waals surface area contributed by atoms with Gasteiger partial charge in [0, 0.05) is 18.2 Å². The number of thiazole rings is 1. The average Bonchev–Trinajstić information content (AvgIpc) is 2.97. The third-order valence-corrected chi connectivity index (χ3v) is 4.30. The monoisotopic (exact) mass is 339 g/mol. The lowest BCUT2D eigenvalue weighted by Crippen LogP contribution is -2.07. The van der Waals surface area contributed by atoms with Gasteiger partial charge in [-0.25, -0.2) is 4.98 Å². The molecule has 0 aliphatic carbocycles. The minimum Gasteiger partial charge on any atom is -0.298 e. The molecule has 1 heterocycles. The van der Waals surface area contributed by atoms with E-state index in [1.165, 1.54) is 35.6 Å². The van der Waals surface area contributed by atoms with Gasteiger partial charge in [0.15, 0.2) is 5.13 Å². The van der Waals surface area contributed by atoms with Crippen molar-refractivity contribution in [2.24, 2.45) is 0 Å². The molecule has 1 N–H and O–H groups in total. The number of aromatic nitrogens is 1. The smallest absolute Gasteiger partial charge is 0.270 e. The number of para-hydroxylation sites is 1. The highest BCUT2D eigenvalue weighted by Crippen LogP contribution is 2.27. The molecule has 0 aliphatic heterocycles. The lowest BCUT2D eigenvalue weighted by Gasteiger charge is -1.96. The fraction of sp³-hybridized carbons (Fsp3) is 0.0588. The highest BCUT2D eigenvalue weighted by molar-refractivity contribution is 7.22. The van der Waals surface area contributed by atoms with Crippen molar-refractivity contribution in [2.75, 3.05) is 5.32 Å². The summed E-state index contributed by atoms with van der Waals surface area (Å²) in [6.45, 7) is 1.97. The number of carbonyl (C=O) groups is 1. The van der Waals surface area contributed by atoms with Gasteiger partial charge in [-0.1, -0.05) is 35.6 Å². The van der Waals surface area contributed by atoms with E-state index in [2.05, 4.69) is 10.3 Å². The Labute approximate surface area is 141 Å². The summed E-state index contributed by atoms with van der Waals surface area (Å²) in [4.78, 5) is 26.7. The van der Waals surface area contributed by atoms with Crippen LogP contribution < -0.4 is 5.32 Å². The first-order chi connectivity index (χ1) is 11.5. The summed E-state index contributed by atoms with van der Waals surface area (Å²) in [5.74, 6) is -0.335. The summed E-state index contributed by atoms with van der Waals surface area (Å²) >= 11 is 1.40. The molecule has 7 heteroatoms. The van der Waals surface area contributed by atoms with Crippen LogP contribution in [-0.4, -0.2) is 15.8 Å². The van der Waals surface area contributed by atoms with E-state index >= 15 is 0 Å². The second-order valence-electron chi connectivity index (χ2n) is 5.12. The Balaban J connectivity index is 1.73. The Hall–Kier alpha value is -3.06. The van der Waals surface area contributed by atoms with E-state index in [4.69, 9.17) is 0 Å². The molecule has 6 nitrogen and oxygen atoms in total. The van der Waals surface area contributed by atoms with Gasteiger partial charge in [0.2, 0.25) is 5.91 Å². The molecule has 2 aromatic carbocycles. The van der Waals surface area contributed by atoms with Crippen LogP contribution >= 0.6 is 11.3 Å². The summed E-state index contributed by atoms with van der Waals surface area (Å²) in [5, 5.41) is 14.0. The van der Waals surface area contributed by atoms with E-state index in [0.29, 0.717) is 10.7 Å². The first-order valence-corrected chi connectivity index (χ1v) is 7.94. The van der Waals surface area contributed by atoms with Gasteiger partial charge in [0.1, 0.15) is 0 Å². The van der Waals surface area contributed by atoms with Gasteiger partial charge in [-0.15, -0.1) is 0 Å². The van der Waals surface area contributed by atoms with E-state index in [0.717, 1.165) is 15.8 Å². The van der Waals surface area contributed by atoms with Crippen LogP contribution in [-0.2, 0) is 4.79 Å². The number of benzene rings is 2. The minimum absolute atomic E-state index is 0.0146. The van der Waals surface area contributed by atoms with Crippen molar-refractivity contribution in [1.29, 1.82) is 0 Å². The van der Waals surface area contributed by atoms with Crippen molar-refractivity contribution in [2.45, 2.75) is 6.92 Å². The van der Waals surface area contributed by atoms with Crippen LogP contribution in [0.5, 0.6) is 0 Å². The Morgan fingerprint density at radius 3 is 2.83 bits per heavy atom. The van der Waals surface area contributed by atoms with Gasteiger partial charge >= 0.3 is 0 Å². The molecule has 0 bridgehead atoms. The molecule has 3 aromatic rings. The quantitative estimate of drug-likeness (QED) is 0.439. The van der Waals surface area contributed by atoms with Crippen LogP contribution in [0.1, 0.15) is 11.1 Å². The zero-order chi connectivity index (χ0) is 17.1. The number of nitro benzene ring substituents is 1. The molecule has 0 spiro atoms. The lowest BCUT2D eigenvalue weighted by molar-refractivity contribution is -0.384. The summed E-state index contributed by atoms with van der Waals surface area (Å²) in [5.41, 5.74) is 2.50. The van der Waals surface area contributed by atoms with E-state index < -0.39 is 4.92 Å². The zero-order valence-corrected chi connectivity index (χ0v) is 13.5. The summed E-state index contributed by atoms with van der Waals surface area (Å²) in [6, 6.07) is 11.9. The van der Waals surface area contributed by atoms with Crippen LogP contribution in [0.25, 0.3) is 16.3 Å². The van der Waals surface area contributed by atoms with Crippen molar-refractivity contribution < 1.29 is 9.72 Å². The maximum Gasteiger partial charge on any atom is 0.270 e. The standard InChI is InChI=1S/C17H13N3O3S/c1-11-4-2-7-14-16(11)19-17(24-14)18-15(21)9-8-12-5-3-6-13(10-12)20(22)23/h2-10H,1H3,(H,18,19,21). The normalized spacial score (nSPS) is 11.0. The van der Waals surface area contributed by atoms with Crippen LogP contribution in [0.2, 0.25) is 0 Å². The molecule has 1 amide bonds. The third-order valence-electron chi connectivity index (χ3n) is 3.36. The van der Waals surface area contributed by atoms with Crippen LogP contribution in [0, 0.1) is 17.0 Å². The van der Waals surface area contributed by atoms with Gasteiger partial charge in [0.05, 0.1) is 15.1 Å². The molecule has 24 heavy (non-hydrogen) atoms. The minimum atomic E-state index is -0.471. The number of rotatable bonds is 4. The van der Waals surface area contributed by atoms with Crippen molar-refractivity contribution in [1.82, 2.24) is 4.98 Å². The molecule has 0 saturated carbocycles. The Bertz CT molecular complexity index is 963. The van der Waals surface area contributed by atoms with Gasteiger partial charge in [-0.2, -0.15) is 0 Å². The molecular weight excluding hydrogens is 326 g/mol. The number of nitrogens with one attached hydrogen (secondary N) is 1. The predicted octanol–water partition coefficient (Wildman–Crippen LogP) is 4.16. The van der Waals surface area contributed by atoms with E-state index in [1.807, 2.05) is 25.1 Å². The zero-order valence-electron chi connectivity index (χ0n) is 12.7. The second-order valence-corrected chi connectivity index (χ2v) is 6.15. The van der Waals surface area contributed by atoms with Crippen molar-refractivity contribution in [3.8, 4) is 0 Å². The van der Waals surface area contributed by atoms with Gasteiger partial charge in [0.25, 0.3) is 5.69 Å². The molecule has 1 aromatic heterocycles. The molecule has 0 radical (unpaired) electrons. The van der Waals surface area contributed by atoms with Crippen LogP contribution in [0.4, 0.5) is 10.8 Å². The second kappa shape index (κ2) is 6.59. The summed E-state index contributed by atoms with van der Waals surface area (Å²) in [6.07, 6.45) is 2.86. The Kier molecular flexibility index (Phi) is 4.35. The summed E-state index contributed by atoms with van der Waals surface area (Å²) < 4.78 is 1.01. The van der Waals surface area contributed by atoms with Crippen LogP contribution in [0.3, 0.4) is 0 Å². The number of hydrogen-bond acceptors (Lipinski definition) is 5. The molecular formula is C17H13N3O3S. The fourth-order valence-electron chi connectivity index (χ4n) is 2.20. The van der Waals surface area contributed by atoms with E-state index in [-0.39, 0.29) is 11.6 Å². The molecule has 120 valence electrons. The first kappa shape index (κ1) is 15.8. The largest absolute Gasteiger partial charge is 0.298 e. The number of hydrogen-bond donors (Lipinski definition) is 1. The molecule has 0 fully saturated rings. The van der Waals surface area contributed by atoms with Gasteiger partial charge < -0.3 is 0 Å². The molecule has 0 unspecified atom stereocenters. The number of amides is 1. The number of aryl methyl sites for hydroxylation is 1. The molecule has 3 rings (SSSR count). The third kappa shape index (κ3) is 3.47. The van der Waals surface area contributed by atoms with E-state index in [9.17, 15) is 14.9 Å². The number of carbonyl (C=O) groups excluding carboxylic acids is 1. The number of nitrogens with zero attached hydrogens (tertiary/aromatic N) is 2. The summed E-state index contributed by atoms with van der Waals surface area (Å²) in [7, 11) is 0. The lowest BCUT2D eigenvalue weighted by atomic mass is 10.2. The Morgan fingerprint density at radius 2 is 2.08 bits per heavy atom. The number of fused-ring (bicyclic) bond motifs is 1. The van der Waals surface area contributed by atoms with E-state index in [1.54, 1.807) is 12.1 Å². The van der Waals surface area contributed by atoms with Crippen LogP contribution in [0.15, 0.2) is 48.5 Å². The fourth-order valence-corrected chi connectivity index (χ4v) is 3.15. The first-order valence-electron chi connectivity index (χ1n) is 7.12. The number of nitro groups is 1. The highest BCUT2D eigenvalue weighted by atomic mass is 32.1. The highest BCUT2D eigenvalue weighted by Gasteiger charge is 2.08. The van der Waals surface area contributed by atoms with Gasteiger partial charge in [-0.05, 0) is 30.2 Å². The Morgan fingerprint density at radius 1 is 1.29 bits per heavy atom. The van der Waals surface area contributed by atoms with Crippen molar-refractivity contribution >= 4 is 44.4 Å². The topological polar surface area (TPSA) is 85.1 Å². The maximum atomic E-state index is 12.0. The average molecular weight is 339 g/mol. The number of non-ortho nitro benzene ring substituents is 1. The van der Waals surface area contributed by atoms with Gasteiger partial charge in [-0.3, -0.25) is 20.2 Å². The molecule has 0 saturated heterocycles. The van der Waals surface area contributed by atoms with Crippen molar-refractivity contribution in [3.63, 3.8) is 0 Å². The van der Waals surface area contributed by atoms with Crippen molar-refractivity contribution in [3.05, 3.63) is 69.8 Å². The maximum absolute atomic E-state index is 12.0.